The van der Waals surface area contributed by atoms with Gasteiger partial charge >= 0.3 is 12.2 Å². The van der Waals surface area contributed by atoms with Gasteiger partial charge in [0.2, 0.25) is 0 Å². The molecule has 0 aliphatic carbocycles. The molecule has 4 nitrogen and oxygen atoms in total. The molecule has 2 bridgehead atoms. The summed E-state index contributed by atoms with van der Waals surface area (Å²) in [5.74, 6) is 0. The number of fused-ring (bicyclic) bond motifs is 2. The maximum Gasteiger partial charge on any atom is 0.416 e. The summed E-state index contributed by atoms with van der Waals surface area (Å²) in [4.78, 5) is 13.9. The van der Waals surface area contributed by atoms with Crippen LogP contribution in [0.4, 0.5) is 23.7 Å². The second-order valence-corrected chi connectivity index (χ2v) is 7.49. The van der Waals surface area contributed by atoms with Crippen molar-refractivity contribution in [2.24, 2.45) is 0 Å². The second kappa shape index (κ2) is 7.86. The molecule has 2 amide bonds. The fourth-order valence-electron chi connectivity index (χ4n) is 4.55. The monoisotopic (exact) mass is 370 g/mol. The van der Waals surface area contributed by atoms with Crippen molar-refractivity contribution in [3.8, 4) is 0 Å². The normalized spacial score (nSPS) is 28.5. The van der Waals surface area contributed by atoms with Gasteiger partial charge in [0, 0.05) is 24.6 Å². The van der Waals surface area contributed by atoms with Gasteiger partial charge in [-0.05, 0) is 49.9 Å². The predicted molar refractivity (Wildman–Crippen MR) is 94.2 cm³/mol. The van der Waals surface area contributed by atoms with E-state index in [0.717, 1.165) is 25.0 Å². The van der Waals surface area contributed by atoms with Crippen molar-refractivity contribution in [2.75, 3.05) is 11.9 Å². The van der Waals surface area contributed by atoms with Crippen LogP contribution in [0.3, 0.4) is 0 Å². The Labute approximate surface area is 152 Å². The lowest BCUT2D eigenvalue weighted by atomic mass is 9.81. The van der Waals surface area contributed by atoms with Gasteiger partial charge in [-0.1, -0.05) is 6.92 Å². The van der Waals surface area contributed by atoms with Crippen LogP contribution < -0.4 is 15.5 Å². The Hall–Kier alpha value is -1.76. The van der Waals surface area contributed by atoms with Crippen LogP contribution in [0, 0.1) is 0 Å². The number of hydrogen-bond acceptors (Lipinski definition) is 1. The van der Waals surface area contributed by atoms with E-state index in [2.05, 4.69) is 17.6 Å². The number of carbonyl (C=O) groups is 1. The van der Waals surface area contributed by atoms with E-state index < -0.39 is 11.7 Å². The maximum atomic E-state index is 12.6. The minimum absolute atomic E-state index is 0.139. The lowest BCUT2D eigenvalue weighted by molar-refractivity contribution is -0.961. The SMILES string of the molecule is CCC[NH+]1[C@@H]2CCC[C@H]1CC(NC(=O)Nc1ccc(C(F)(F)F)cc1)C2. The molecule has 3 N–H and O–H groups in total. The van der Waals surface area contributed by atoms with Gasteiger partial charge in [-0.15, -0.1) is 0 Å². The van der Waals surface area contributed by atoms with Crippen molar-refractivity contribution < 1.29 is 22.9 Å². The lowest BCUT2D eigenvalue weighted by Crippen LogP contribution is -3.21. The molecular formula is C19H27F3N3O+. The van der Waals surface area contributed by atoms with E-state index in [9.17, 15) is 18.0 Å². The quantitative estimate of drug-likeness (QED) is 0.749. The highest BCUT2D eigenvalue weighted by atomic mass is 19.4. The van der Waals surface area contributed by atoms with Crippen molar-refractivity contribution in [1.82, 2.24) is 5.32 Å². The first-order valence-electron chi connectivity index (χ1n) is 9.47. The number of alkyl halides is 3. The van der Waals surface area contributed by atoms with E-state index in [4.69, 9.17) is 0 Å². The molecule has 2 aliphatic rings. The van der Waals surface area contributed by atoms with E-state index in [1.165, 1.54) is 44.4 Å². The molecule has 2 unspecified atom stereocenters. The number of nitrogens with one attached hydrogen (secondary N) is 3. The molecule has 7 heteroatoms. The lowest BCUT2D eigenvalue weighted by Gasteiger charge is -2.45. The summed E-state index contributed by atoms with van der Waals surface area (Å²) >= 11 is 0. The molecule has 0 radical (unpaired) electrons. The predicted octanol–water partition coefficient (Wildman–Crippen LogP) is 3.21. The summed E-state index contributed by atoms with van der Waals surface area (Å²) in [6, 6.07) is 5.54. The first kappa shape index (κ1) is 19.0. The molecule has 0 spiro atoms. The molecule has 144 valence electrons. The molecular weight excluding hydrogens is 343 g/mol. The first-order valence-corrected chi connectivity index (χ1v) is 9.47. The van der Waals surface area contributed by atoms with Gasteiger partial charge in [0.05, 0.1) is 24.2 Å². The van der Waals surface area contributed by atoms with Crippen LogP contribution in [0.15, 0.2) is 24.3 Å². The van der Waals surface area contributed by atoms with Crippen LogP contribution in [-0.2, 0) is 6.18 Å². The zero-order valence-electron chi connectivity index (χ0n) is 15.0. The topological polar surface area (TPSA) is 45.6 Å². The molecule has 2 aliphatic heterocycles. The third kappa shape index (κ3) is 4.50. The molecule has 2 heterocycles. The van der Waals surface area contributed by atoms with Crippen LogP contribution >= 0.6 is 0 Å². The zero-order valence-corrected chi connectivity index (χ0v) is 15.0. The molecule has 2 fully saturated rings. The van der Waals surface area contributed by atoms with Crippen molar-refractivity contribution >= 4 is 11.7 Å². The van der Waals surface area contributed by atoms with E-state index in [1.54, 1.807) is 4.90 Å². The number of urea groups is 1. The number of rotatable bonds is 4. The Kier molecular flexibility index (Phi) is 5.75. The van der Waals surface area contributed by atoms with Gasteiger partial charge in [-0.2, -0.15) is 13.2 Å². The molecule has 26 heavy (non-hydrogen) atoms. The van der Waals surface area contributed by atoms with Gasteiger partial charge < -0.3 is 15.5 Å². The number of halogens is 3. The van der Waals surface area contributed by atoms with Crippen molar-refractivity contribution in [3.63, 3.8) is 0 Å². The number of anilines is 1. The van der Waals surface area contributed by atoms with E-state index in [1.807, 2.05) is 0 Å². The third-order valence-corrected chi connectivity index (χ3v) is 5.64. The van der Waals surface area contributed by atoms with E-state index in [-0.39, 0.29) is 12.1 Å². The smallest absolute Gasteiger partial charge is 0.335 e. The Morgan fingerprint density at radius 1 is 1.15 bits per heavy atom. The highest BCUT2D eigenvalue weighted by Gasteiger charge is 2.41. The first-order chi connectivity index (χ1) is 12.4. The van der Waals surface area contributed by atoms with E-state index in [0.29, 0.717) is 17.8 Å². The van der Waals surface area contributed by atoms with Gasteiger partial charge in [-0.25, -0.2) is 4.79 Å². The highest BCUT2D eigenvalue weighted by Crippen LogP contribution is 2.29. The van der Waals surface area contributed by atoms with Crippen molar-refractivity contribution in [2.45, 2.75) is 69.8 Å². The van der Waals surface area contributed by atoms with Crippen LogP contribution in [0.25, 0.3) is 0 Å². The highest BCUT2D eigenvalue weighted by molar-refractivity contribution is 5.89. The second-order valence-electron chi connectivity index (χ2n) is 7.49. The number of amides is 2. The summed E-state index contributed by atoms with van der Waals surface area (Å²) in [6.45, 7) is 3.41. The van der Waals surface area contributed by atoms with E-state index >= 15 is 0 Å². The summed E-state index contributed by atoms with van der Waals surface area (Å²) in [6.07, 6.45) is 2.46. The standard InChI is InChI=1S/C19H26F3N3O/c1-2-10-25-16-4-3-5-17(25)12-15(11-16)24-18(26)23-14-8-6-13(7-9-14)19(20,21)22/h6-9,15-17H,2-5,10-12H2,1H3,(H2,23,24,26)/p+1/t15?,16-,17+. The maximum absolute atomic E-state index is 12.6. The molecule has 1 aromatic carbocycles. The molecule has 0 saturated carbocycles. The summed E-state index contributed by atoms with van der Waals surface area (Å²) in [5.41, 5.74) is -0.354. The Morgan fingerprint density at radius 3 is 2.31 bits per heavy atom. The number of hydrogen-bond donors (Lipinski definition) is 3. The van der Waals surface area contributed by atoms with Crippen LogP contribution in [0.1, 0.15) is 51.0 Å². The van der Waals surface area contributed by atoms with Crippen molar-refractivity contribution in [1.29, 1.82) is 0 Å². The summed E-state index contributed by atoms with van der Waals surface area (Å²) in [5, 5.41) is 5.66. The molecule has 2 saturated heterocycles. The summed E-state index contributed by atoms with van der Waals surface area (Å²) in [7, 11) is 0. The van der Waals surface area contributed by atoms with Crippen LogP contribution in [0.2, 0.25) is 0 Å². The van der Waals surface area contributed by atoms with Gasteiger partial charge in [0.15, 0.2) is 0 Å². The fraction of sp³-hybridized carbons (Fsp3) is 0.632. The number of carbonyl (C=O) groups excluding carboxylic acids is 1. The third-order valence-electron chi connectivity index (χ3n) is 5.64. The molecule has 3 rings (SSSR count). The molecule has 1 aromatic rings. The number of benzene rings is 1. The largest absolute Gasteiger partial charge is 0.416 e. The molecule has 0 aromatic heterocycles. The Balaban J connectivity index is 1.54. The van der Waals surface area contributed by atoms with Crippen LogP contribution in [-0.4, -0.2) is 30.7 Å². The number of piperidine rings is 2. The average molecular weight is 370 g/mol. The fourth-order valence-corrected chi connectivity index (χ4v) is 4.55. The van der Waals surface area contributed by atoms with Gasteiger partial charge in [-0.3, -0.25) is 0 Å². The van der Waals surface area contributed by atoms with Gasteiger partial charge in [0.25, 0.3) is 0 Å². The Bertz CT molecular complexity index is 603. The Morgan fingerprint density at radius 2 is 1.77 bits per heavy atom. The average Bonchev–Trinajstić information content (AvgIpc) is 2.55. The molecule has 4 atom stereocenters. The minimum Gasteiger partial charge on any atom is -0.335 e. The van der Waals surface area contributed by atoms with Crippen LogP contribution in [0.5, 0.6) is 0 Å². The van der Waals surface area contributed by atoms with Gasteiger partial charge in [0.1, 0.15) is 0 Å². The summed E-state index contributed by atoms with van der Waals surface area (Å²) < 4.78 is 37.8. The zero-order chi connectivity index (χ0) is 18.7. The minimum atomic E-state index is -4.37. The number of quaternary nitrogens is 1. The van der Waals surface area contributed by atoms with Crippen molar-refractivity contribution in [3.05, 3.63) is 29.8 Å².